The molecule has 102 valence electrons. The molecule has 0 aliphatic rings. The van der Waals surface area contributed by atoms with Crippen molar-refractivity contribution in [3.63, 3.8) is 0 Å². The van der Waals surface area contributed by atoms with Crippen LogP contribution in [0.15, 0.2) is 42.6 Å². The first-order valence-corrected chi connectivity index (χ1v) is 7.55. The predicted octanol–water partition coefficient (Wildman–Crippen LogP) is 4.19. The Morgan fingerprint density at radius 2 is 2.10 bits per heavy atom. The second kappa shape index (κ2) is 5.69. The third-order valence-corrected chi connectivity index (χ3v) is 4.41. The molecule has 0 amide bonds. The van der Waals surface area contributed by atoms with E-state index < -0.39 is 0 Å². The van der Waals surface area contributed by atoms with E-state index in [2.05, 4.69) is 16.4 Å². The minimum absolute atomic E-state index is 0.705. The molecular weight excluding hydrogens is 290 g/mol. The third-order valence-electron chi connectivity index (χ3n) is 3.12. The van der Waals surface area contributed by atoms with Crippen molar-refractivity contribution in [1.82, 2.24) is 4.98 Å². The quantitative estimate of drug-likeness (QED) is 0.711. The number of aromatic nitrogens is 1. The van der Waals surface area contributed by atoms with Crippen molar-refractivity contribution in [2.75, 3.05) is 17.6 Å². The Bertz CT molecular complexity index is 739. The van der Waals surface area contributed by atoms with Gasteiger partial charge < -0.3 is 11.1 Å². The summed E-state index contributed by atoms with van der Waals surface area (Å²) < 4.78 is 0.835. The van der Waals surface area contributed by atoms with E-state index >= 15 is 0 Å². The number of halogens is 1. The highest BCUT2D eigenvalue weighted by Gasteiger charge is 2.04. The van der Waals surface area contributed by atoms with Gasteiger partial charge in [-0.3, -0.25) is 4.98 Å². The number of rotatable bonds is 4. The molecule has 0 radical (unpaired) electrons. The Hall–Kier alpha value is -1.78. The molecule has 3 aromatic rings. The van der Waals surface area contributed by atoms with Gasteiger partial charge in [-0.1, -0.05) is 11.6 Å². The van der Waals surface area contributed by atoms with Gasteiger partial charge in [-0.05, 0) is 42.8 Å². The number of hydrogen-bond acceptors (Lipinski definition) is 4. The smallest absolute Gasteiger partial charge is 0.0951 e. The topological polar surface area (TPSA) is 50.9 Å². The number of pyridine rings is 1. The van der Waals surface area contributed by atoms with Crippen LogP contribution in [0.3, 0.4) is 0 Å². The Labute approximate surface area is 126 Å². The van der Waals surface area contributed by atoms with Crippen LogP contribution in [0, 0.1) is 0 Å². The highest BCUT2D eigenvalue weighted by atomic mass is 35.5. The average Bonchev–Trinajstić information content (AvgIpc) is 2.87. The summed E-state index contributed by atoms with van der Waals surface area (Å²) in [5.74, 6) is 0. The number of hydrogen-bond donors (Lipinski definition) is 2. The first-order valence-electron chi connectivity index (χ1n) is 6.35. The number of fused-ring (bicyclic) bond motifs is 1. The van der Waals surface area contributed by atoms with Crippen molar-refractivity contribution < 1.29 is 0 Å². The molecule has 3 rings (SSSR count). The maximum absolute atomic E-state index is 5.94. The number of nitrogens with one attached hydrogen (secondary N) is 1. The van der Waals surface area contributed by atoms with E-state index in [4.69, 9.17) is 17.3 Å². The molecule has 5 heteroatoms. The lowest BCUT2D eigenvalue weighted by molar-refractivity contribution is 1.05. The maximum atomic E-state index is 5.94. The van der Waals surface area contributed by atoms with Crippen LogP contribution in [-0.2, 0) is 6.42 Å². The van der Waals surface area contributed by atoms with Gasteiger partial charge in [0.05, 0.1) is 15.5 Å². The average molecular weight is 304 g/mol. The van der Waals surface area contributed by atoms with Gasteiger partial charge in [0.15, 0.2) is 0 Å². The lowest BCUT2D eigenvalue weighted by atomic mass is 10.1. The number of nitrogens with two attached hydrogens (primary N) is 1. The van der Waals surface area contributed by atoms with E-state index in [-0.39, 0.29) is 0 Å². The second-order valence-electron chi connectivity index (χ2n) is 4.48. The molecule has 3 nitrogen and oxygen atoms in total. The van der Waals surface area contributed by atoms with Gasteiger partial charge in [-0.25, -0.2) is 0 Å². The van der Waals surface area contributed by atoms with Crippen LogP contribution in [0.2, 0.25) is 4.34 Å². The normalized spacial score (nSPS) is 10.8. The van der Waals surface area contributed by atoms with Crippen molar-refractivity contribution in [3.05, 3.63) is 51.8 Å². The fourth-order valence-corrected chi connectivity index (χ4v) is 3.24. The number of anilines is 2. The van der Waals surface area contributed by atoms with Crippen molar-refractivity contribution in [3.8, 4) is 0 Å². The van der Waals surface area contributed by atoms with Gasteiger partial charge in [-0.15, -0.1) is 11.3 Å². The molecule has 1 aromatic carbocycles. The monoisotopic (exact) mass is 303 g/mol. The minimum Gasteiger partial charge on any atom is -0.397 e. The first kappa shape index (κ1) is 13.2. The third kappa shape index (κ3) is 2.71. The zero-order valence-corrected chi connectivity index (χ0v) is 12.3. The zero-order valence-electron chi connectivity index (χ0n) is 10.8. The molecule has 2 heterocycles. The van der Waals surface area contributed by atoms with Crippen molar-refractivity contribution in [2.45, 2.75) is 6.42 Å². The van der Waals surface area contributed by atoms with E-state index in [0.29, 0.717) is 5.69 Å². The molecule has 0 aliphatic heterocycles. The van der Waals surface area contributed by atoms with Crippen molar-refractivity contribution >= 4 is 45.2 Å². The van der Waals surface area contributed by atoms with Gasteiger partial charge in [0.1, 0.15) is 0 Å². The van der Waals surface area contributed by atoms with Gasteiger partial charge in [-0.2, -0.15) is 0 Å². The van der Waals surface area contributed by atoms with Crippen LogP contribution < -0.4 is 11.1 Å². The minimum atomic E-state index is 0.705. The van der Waals surface area contributed by atoms with Crippen molar-refractivity contribution in [2.24, 2.45) is 0 Å². The first-order chi connectivity index (χ1) is 9.74. The highest BCUT2D eigenvalue weighted by Crippen LogP contribution is 2.27. The second-order valence-corrected chi connectivity index (χ2v) is 6.28. The largest absolute Gasteiger partial charge is 0.397 e. The molecule has 0 aliphatic carbocycles. The molecule has 0 atom stereocenters. The molecular formula is C15H14ClN3S. The van der Waals surface area contributed by atoms with Crippen LogP contribution in [0.4, 0.5) is 11.4 Å². The summed E-state index contributed by atoms with van der Waals surface area (Å²) in [6.45, 7) is 0.852. The molecule has 3 N–H and O–H groups in total. The molecule has 0 spiro atoms. The van der Waals surface area contributed by atoms with Gasteiger partial charge >= 0.3 is 0 Å². The van der Waals surface area contributed by atoms with Gasteiger partial charge in [0, 0.05) is 28.7 Å². The Balaban J connectivity index is 1.76. The Kier molecular flexibility index (Phi) is 3.76. The molecule has 0 bridgehead atoms. The summed E-state index contributed by atoms with van der Waals surface area (Å²) in [5, 5.41) is 4.49. The molecule has 0 saturated carbocycles. The van der Waals surface area contributed by atoms with E-state index in [1.54, 1.807) is 17.5 Å². The predicted molar refractivity (Wildman–Crippen MR) is 87.7 cm³/mol. The number of benzene rings is 1. The summed E-state index contributed by atoms with van der Waals surface area (Å²) in [6, 6.07) is 11.8. The Morgan fingerprint density at radius 1 is 1.20 bits per heavy atom. The summed E-state index contributed by atoms with van der Waals surface area (Å²) in [5.41, 5.74) is 8.55. The molecule has 20 heavy (non-hydrogen) atoms. The molecule has 0 fully saturated rings. The van der Waals surface area contributed by atoms with Crippen molar-refractivity contribution in [1.29, 1.82) is 0 Å². The van der Waals surface area contributed by atoms with Gasteiger partial charge in [0.25, 0.3) is 0 Å². The van der Waals surface area contributed by atoms with E-state index in [9.17, 15) is 0 Å². The lowest BCUT2D eigenvalue weighted by Crippen LogP contribution is -2.05. The highest BCUT2D eigenvalue weighted by molar-refractivity contribution is 7.16. The number of thiophene rings is 1. The standard InChI is InChI=1S/C15H14ClN3S/c16-14-6-3-10(20-14)7-9-18-13-5-4-12(17)15-11(13)2-1-8-19-15/h1-6,8,18H,7,9,17H2. The van der Waals surface area contributed by atoms with Crippen LogP contribution in [0.25, 0.3) is 10.9 Å². The van der Waals surface area contributed by atoms with Crippen LogP contribution in [-0.4, -0.2) is 11.5 Å². The van der Waals surface area contributed by atoms with E-state index in [1.807, 2.05) is 30.3 Å². The van der Waals surface area contributed by atoms with Crippen LogP contribution >= 0.6 is 22.9 Å². The molecule has 0 unspecified atom stereocenters. The Morgan fingerprint density at radius 3 is 2.90 bits per heavy atom. The number of nitrogens with zero attached hydrogens (tertiary/aromatic N) is 1. The van der Waals surface area contributed by atoms with Crippen LogP contribution in [0.5, 0.6) is 0 Å². The SMILES string of the molecule is Nc1ccc(NCCc2ccc(Cl)s2)c2cccnc12. The van der Waals surface area contributed by atoms with E-state index in [0.717, 1.165) is 33.9 Å². The molecule has 0 saturated heterocycles. The number of nitrogen functional groups attached to an aromatic ring is 1. The maximum Gasteiger partial charge on any atom is 0.0951 e. The molecule has 2 aromatic heterocycles. The summed E-state index contributed by atoms with van der Waals surface area (Å²) in [7, 11) is 0. The zero-order chi connectivity index (χ0) is 13.9. The summed E-state index contributed by atoms with van der Waals surface area (Å²) in [6.07, 6.45) is 2.71. The fraction of sp³-hybridized carbons (Fsp3) is 0.133. The summed E-state index contributed by atoms with van der Waals surface area (Å²) >= 11 is 7.55. The lowest BCUT2D eigenvalue weighted by Gasteiger charge is -2.10. The van der Waals surface area contributed by atoms with Gasteiger partial charge in [0.2, 0.25) is 0 Å². The van der Waals surface area contributed by atoms with Crippen LogP contribution in [0.1, 0.15) is 4.88 Å². The fourth-order valence-electron chi connectivity index (χ4n) is 2.16. The summed E-state index contributed by atoms with van der Waals surface area (Å²) in [4.78, 5) is 5.61. The van der Waals surface area contributed by atoms with E-state index in [1.165, 1.54) is 4.88 Å².